The fourth-order valence-electron chi connectivity index (χ4n) is 2.28. The predicted octanol–water partition coefficient (Wildman–Crippen LogP) is 0.751. The molecule has 0 aromatic heterocycles. The number of methoxy groups -OCH3 is 1. The normalized spacial score (nSPS) is 13.5. The molecule has 1 aromatic rings. The van der Waals surface area contributed by atoms with E-state index < -0.39 is 45.5 Å². The summed E-state index contributed by atoms with van der Waals surface area (Å²) < 4.78 is 35.6. The van der Waals surface area contributed by atoms with Crippen molar-refractivity contribution in [3.8, 4) is 5.75 Å². The van der Waals surface area contributed by atoms with Crippen LogP contribution in [-0.2, 0) is 19.7 Å². The second-order valence-electron chi connectivity index (χ2n) is 5.58. The van der Waals surface area contributed by atoms with Crippen LogP contribution in [0.1, 0.15) is 30.1 Å². The number of carbonyl (C=O) groups is 3. The maximum atomic E-state index is 12.6. The zero-order valence-corrected chi connectivity index (χ0v) is 15.2. The number of hydrogen-bond acceptors (Lipinski definition) is 6. The number of carboxylic acid groups (broad SMARTS) is 1. The van der Waals surface area contributed by atoms with E-state index >= 15 is 0 Å². The van der Waals surface area contributed by atoms with E-state index in [4.69, 9.17) is 14.4 Å². The van der Waals surface area contributed by atoms with Gasteiger partial charge in [-0.3, -0.25) is 14.1 Å². The van der Waals surface area contributed by atoms with Gasteiger partial charge in [0.2, 0.25) is 5.91 Å². The van der Waals surface area contributed by atoms with Crippen molar-refractivity contribution in [3.05, 3.63) is 29.8 Å². The summed E-state index contributed by atoms with van der Waals surface area (Å²) in [7, 11) is -3.16. The monoisotopic (exact) mass is 387 g/mol. The maximum Gasteiger partial charge on any atom is 0.327 e. The maximum absolute atomic E-state index is 12.6. The molecule has 0 radical (unpaired) electrons. The van der Waals surface area contributed by atoms with Crippen molar-refractivity contribution in [2.24, 2.45) is 5.92 Å². The van der Waals surface area contributed by atoms with Crippen molar-refractivity contribution in [3.63, 3.8) is 0 Å². The highest BCUT2D eigenvalue weighted by Gasteiger charge is 2.32. The third-order valence-electron chi connectivity index (χ3n) is 3.58. The number of nitrogens with one attached hydrogen (secondary N) is 1. The topological polar surface area (TPSA) is 147 Å². The zero-order chi connectivity index (χ0) is 19.9. The highest BCUT2D eigenvalue weighted by Crippen LogP contribution is 2.18. The first-order chi connectivity index (χ1) is 12.1. The van der Waals surface area contributed by atoms with Gasteiger partial charge in [-0.05, 0) is 30.7 Å². The summed E-state index contributed by atoms with van der Waals surface area (Å²) in [6.07, 6.45) is 0.616. The number of rotatable bonds is 10. The summed E-state index contributed by atoms with van der Waals surface area (Å²) in [6.45, 7) is 1.74. The molecular formula is C16H21NO8S. The van der Waals surface area contributed by atoms with E-state index in [1.807, 2.05) is 5.32 Å². The van der Waals surface area contributed by atoms with E-state index in [-0.39, 0.29) is 12.0 Å². The molecule has 1 amide bonds. The minimum Gasteiger partial charge on any atom is -0.497 e. The van der Waals surface area contributed by atoms with Crippen LogP contribution in [0.25, 0.3) is 0 Å². The Balaban J connectivity index is 3.00. The Morgan fingerprint density at radius 2 is 1.77 bits per heavy atom. The van der Waals surface area contributed by atoms with Crippen LogP contribution < -0.4 is 10.1 Å². The fourth-order valence-corrected chi connectivity index (χ4v) is 2.93. The van der Waals surface area contributed by atoms with Crippen LogP contribution >= 0.6 is 0 Å². The first-order valence-electron chi connectivity index (χ1n) is 7.75. The third kappa shape index (κ3) is 6.45. The summed E-state index contributed by atoms with van der Waals surface area (Å²) in [5.41, 5.74) is 0.237. The molecule has 3 N–H and O–H groups in total. The Morgan fingerprint density at radius 1 is 1.19 bits per heavy atom. The number of hydrogen-bond donors (Lipinski definition) is 3. The van der Waals surface area contributed by atoms with Crippen LogP contribution in [0.5, 0.6) is 5.75 Å². The molecule has 1 aromatic carbocycles. The van der Waals surface area contributed by atoms with E-state index in [1.165, 1.54) is 19.2 Å². The number of aliphatic carboxylic acids is 1. The minimum absolute atomic E-state index is 0.148. The zero-order valence-electron chi connectivity index (χ0n) is 14.3. The van der Waals surface area contributed by atoms with E-state index in [1.54, 1.807) is 19.1 Å². The van der Waals surface area contributed by atoms with E-state index in [0.717, 1.165) is 0 Å². The molecule has 144 valence electrons. The molecule has 2 atom stereocenters. The van der Waals surface area contributed by atoms with E-state index in [2.05, 4.69) is 0 Å². The van der Waals surface area contributed by atoms with Gasteiger partial charge in [-0.15, -0.1) is 0 Å². The summed E-state index contributed by atoms with van der Waals surface area (Å²) in [6, 6.07) is 4.19. The standard InChI is InChI=1S/C16H21NO8S/c1-3-4-12(14(18)10-5-7-11(25-2)8-6-10)15(19)17-13(16(20)21)9-26(22,23)24/h5-8,12-13H,3-4,9H2,1-2H3,(H,17,19)(H,20,21)(H,22,23,24). The SMILES string of the molecule is CCCC(C(=O)NC(CS(=O)(=O)O)C(=O)O)C(=O)c1ccc(OC)cc1. The number of ether oxygens (including phenoxy) is 1. The molecule has 0 saturated carbocycles. The second-order valence-corrected chi connectivity index (χ2v) is 7.08. The van der Waals surface area contributed by atoms with Crippen molar-refractivity contribution >= 4 is 27.8 Å². The van der Waals surface area contributed by atoms with Gasteiger partial charge in [-0.1, -0.05) is 13.3 Å². The van der Waals surface area contributed by atoms with Gasteiger partial charge < -0.3 is 15.2 Å². The number of benzene rings is 1. The van der Waals surface area contributed by atoms with Gasteiger partial charge in [-0.2, -0.15) is 8.42 Å². The highest BCUT2D eigenvalue weighted by molar-refractivity contribution is 7.85. The Kier molecular flexibility index (Phi) is 7.72. The van der Waals surface area contributed by atoms with Crippen LogP contribution in [0.3, 0.4) is 0 Å². The molecule has 0 aliphatic carbocycles. The largest absolute Gasteiger partial charge is 0.497 e. The first kappa shape index (κ1) is 21.6. The molecule has 0 heterocycles. The number of ketones is 1. The van der Waals surface area contributed by atoms with Gasteiger partial charge in [0.1, 0.15) is 23.5 Å². The van der Waals surface area contributed by atoms with Crippen molar-refractivity contribution in [1.29, 1.82) is 0 Å². The average molecular weight is 387 g/mol. The molecule has 0 spiro atoms. The number of carbonyl (C=O) groups excluding carboxylic acids is 2. The smallest absolute Gasteiger partial charge is 0.327 e. The van der Waals surface area contributed by atoms with Crippen LogP contribution in [0.4, 0.5) is 0 Å². The molecule has 0 aliphatic rings. The first-order valence-corrected chi connectivity index (χ1v) is 9.36. The fraction of sp³-hybridized carbons (Fsp3) is 0.438. The summed E-state index contributed by atoms with van der Waals surface area (Å²) in [5.74, 6) is -4.92. The summed E-state index contributed by atoms with van der Waals surface area (Å²) in [5, 5.41) is 11.0. The molecule has 0 bridgehead atoms. The highest BCUT2D eigenvalue weighted by atomic mass is 32.2. The summed E-state index contributed by atoms with van der Waals surface area (Å²) in [4.78, 5) is 36.1. The summed E-state index contributed by atoms with van der Waals surface area (Å²) >= 11 is 0. The van der Waals surface area contributed by atoms with Crippen molar-refractivity contribution in [1.82, 2.24) is 5.32 Å². The van der Waals surface area contributed by atoms with Gasteiger partial charge in [0.05, 0.1) is 7.11 Å². The van der Waals surface area contributed by atoms with E-state index in [9.17, 15) is 22.8 Å². The lowest BCUT2D eigenvalue weighted by molar-refractivity contribution is -0.141. The second kappa shape index (κ2) is 9.30. The lowest BCUT2D eigenvalue weighted by Crippen LogP contribution is -2.48. The van der Waals surface area contributed by atoms with Crippen molar-refractivity contribution in [2.75, 3.05) is 12.9 Å². The Bertz CT molecular complexity index is 757. The Morgan fingerprint density at radius 3 is 2.19 bits per heavy atom. The minimum atomic E-state index is -4.63. The van der Waals surface area contributed by atoms with Crippen LogP contribution in [0.15, 0.2) is 24.3 Å². The predicted molar refractivity (Wildman–Crippen MR) is 91.7 cm³/mol. The van der Waals surface area contributed by atoms with Crippen molar-refractivity contribution in [2.45, 2.75) is 25.8 Å². The lowest BCUT2D eigenvalue weighted by Gasteiger charge is -2.19. The molecular weight excluding hydrogens is 366 g/mol. The Labute approximate surface area is 151 Å². The number of amides is 1. The van der Waals surface area contributed by atoms with Gasteiger partial charge in [0, 0.05) is 5.56 Å². The Hall–Kier alpha value is -2.46. The molecule has 2 unspecified atom stereocenters. The molecule has 9 nitrogen and oxygen atoms in total. The van der Waals surface area contributed by atoms with Gasteiger partial charge >= 0.3 is 5.97 Å². The third-order valence-corrected chi connectivity index (χ3v) is 4.33. The van der Waals surface area contributed by atoms with Gasteiger partial charge in [-0.25, -0.2) is 4.79 Å². The molecule has 0 fully saturated rings. The van der Waals surface area contributed by atoms with Crippen LogP contribution in [0.2, 0.25) is 0 Å². The molecule has 10 heteroatoms. The molecule has 0 aliphatic heterocycles. The molecule has 26 heavy (non-hydrogen) atoms. The quantitative estimate of drug-likeness (QED) is 0.303. The van der Waals surface area contributed by atoms with Crippen molar-refractivity contribution < 1.29 is 37.2 Å². The molecule has 1 rings (SSSR count). The molecule has 0 saturated heterocycles. The van der Waals surface area contributed by atoms with Gasteiger partial charge in [0.25, 0.3) is 10.1 Å². The number of Topliss-reactive ketones (excluding diaryl/α,β-unsaturated/α-hetero) is 1. The lowest BCUT2D eigenvalue weighted by atomic mass is 9.92. The van der Waals surface area contributed by atoms with Crippen LogP contribution in [-0.4, -0.2) is 54.6 Å². The van der Waals surface area contributed by atoms with E-state index in [0.29, 0.717) is 12.2 Å². The van der Waals surface area contributed by atoms with Crippen LogP contribution in [0, 0.1) is 5.92 Å². The number of carboxylic acids is 1. The van der Waals surface area contributed by atoms with Gasteiger partial charge in [0.15, 0.2) is 5.78 Å². The average Bonchev–Trinajstić information content (AvgIpc) is 2.57.